The molecule has 0 radical (unpaired) electrons. The van der Waals surface area contributed by atoms with Crippen LogP contribution in [0.2, 0.25) is 0 Å². The number of ketones is 1. The van der Waals surface area contributed by atoms with Crippen LogP contribution in [-0.4, -0.2) is 11.4 Å². The fourth-order valence-electron chi connectivity index (χ4n) is 2.11. The molecule has 106 valence electrons. The Balaban J connectivity index is 2.51. The summed E-state index contributed by atoms with van der Waals surface area (Å²) in [5, 5.41) is 0. The molecular weight excluding hydrogens is 236 g/mol. The molecule has 1 rings (SSSR count). The average Bonchev–Trinajstić information content (AvgIpc) is 2.38. The van der Waals surface area contributed by atoms with Gasteiger partial charge in [0, 0.05) is 5.56 Å². The van der Waals surface area contributed by atoms with E-state index in [1.54, 1.807) is 12.1 Å². The highest BCUT2D eigenvalue weighted by atomic mass is 16.1. The lowest BCUT2D eigenvalue weighted by Gasteiger charge is -2.23. The second kappa shape index (κ2) is 7.41. The Labute approximate surface area is 116 Å². The molecule has 0 heterocycles. The predicted octanol–water partition coefficient (Wildman–Crippen LogP) is 3.15. The van der Waals surface area contributed by atoms with Crippen LogP contribution in [-0.2, 0) is 0 Å². The van der Waals surface area contributed by atoms with Crippen LogP contribution in [0.5, 0.6) is 0 Å². The van der Waals surface area contributed by atoms with Crippen molar-refractivity contribution in [1.29, 1.82) is 0 Å². The van der Waals surface area contributed by atoms with Crippen LogP contribution < -0.4 is 11.5 Å². The number of carbonyl (C=O) groups is 1. The van der Waals surface area contributed by atoms with Crippen LogP contribution in [0.1, 0.15) is 61.4 Å². The largest absolute Gasteiger partial charge is 0.307 e. The summed E-state index contributed by atoms with van der Waals surface area (Å²) < 4.78 is 0. The summed E-state index contributed by atoms with van der Waals surface area (Å²) in [5.41, 5.74) is 12.4. The number of nitrogens with two attached hydrogens (primary N) is 2. The predicted molar refractivity (Wildman–Crippen MR) is 80.0 cm³/mol. The van der Waals surface area contributed by atoms with Crippen molar-refractivity contribution in [2.75, 3.05) is 0 Å². The third-order valence-electron chi connectivity index (χ3n) is 3.43. The van der Waals surface area contributed by atoms with Gasteiger partial charge in [-0.2, -0.15) is 0 Å². The zero-order valence-corrected chi connectivity index (χ0v) is 12.1. The summed E-state index contributed by atoms with van der Waals surface area (Å²) >= 11 is 0. The Hall–Kier alpha value is -1.19. The van der Waals surface area contributed by atoms with Crippen molar-refractivity contribution in [2.45, 2.75) is 58.0 Å². The van der Waals surface area contributed by atoms with Crippen LogP contribution in [0.15, 0.2) is 24.3 Å². The van der Waals surface area contributed by atoms with Gasteiger partial charge in [0.25, 0.3) is 0 Å². The number of Topliss-reactive ketones (excluding diaryl/α,β-unsaturated/α-hetero) is 1. The number of aryl methyl sites for hydroxylation is 1. The average molecular weight is 262 g/mol. The number of hydrogen-bond acceptors (Lipinski definition) is 3. The Morgan fingerprint density at radius 1 is 1.05 bits per heavy atom. The van der Waals surface area contributed by atoms with Gasteiger partial charge in [-0.15, -0.1) is 0 Å². The van der Waals surface area contributed by atoms with Crippen molar-refractivity contribution in [2.24, 2.45) is 11.5 Å². The van der Waals surface area contributed by atoms with Gasteiger partial charge in [-0.3, -0.25) is 4.79 Å². The van der Waals surface area contributed by atoms with Gasteiger partial charge in [-0.05, 0) is 19.8 Å². The molecule has 0 aliphatic heterocycles. The van der Waals surface area contributed by atoms with E-state index in [1.807, 2.05) is 19.1 Å². The van der Waals surface area contributed by atoms with Gasteiger partial charge >= 0.3 is 0 Å². The van der Waals surface area contributed by atoms with Crippen molar-refractivity contribution >= 4 is 5.78 Å². The monoisotopic (exact) mass is 262 g/mol. The molecule has 0 bridgehead atoms. The Kier molecular flexibility index (Phi) is 6.19. The lowest BCUT2D eigenvalue weighted by atomic mass is 9.93. The molecule has 0 atom stereocenters. The van der Waals surface area contributed by atoms with Gasteiger partial charge < -0.3 is 11.5 Å². The smallest absolute Gasteiger partial charge is 0.196 e. The third kappa shape index (κ3) is 5.13. The summed E-state index contributed by atoms with van der Waals surface area (Å²) in [4.78, 5) is 12.2. The van der Waals surface area contributed by atoms with Crippen LogP contribution in [0.25, 0.3) is 0 Å². The molecule has 1 aromatic rings. The zero-order chi connectivity index (χ0) is 14.3. The van der Waals surface area contributed by atoms with E-state index in [4.69, 9.17) is 11.5 Å². The summed E-state index contributed by atoms with van der Waals surface area (Å²) in [5.74, 6) is -0.164. The topological polar surface area (TPSA) is 69.1 Å². The molecule has 0 saturated heterocycles. The minimum Gasteiger partial charge on any atom is -0.307 e. The third-order valence-corrected chi connectivity index (χ3v) is 3.43. The molecule has 0 saturated carbocycles. The zero-order valence-electron chi connectivity index (χ0n) is 12.1. The Morgan fingerprint density at radius 2 is 1.63 bits per heavy atom. The Morgan fingerprint density at radius 3 is 2.21 bits per heavy atom. The first-order chi connectivity index (χ1) is 8.97. The van der Waals surface area contributed by atoms with E-state index in [9.17, 15) is 4.79 Å². The van der Waals surface area contributed by atoms with E-state index in [2.05, 4.69) is 6.92 Å². The molecule has 3 heteroatoms. The summed E-state index contributed by atoms with van der Waals surface area (Å²) in [6, 6.07) is 7.40. The van der Waals surface area contributed by atoms with Crippen LogP contribution in [0.3, 0.4) is 0 Å². The fraction of sp³-hybridized carbons (Fsp3) is 0.562. The molecule has 3 nitrogen and oxygen atoms in total. The molecule has 0 aliphatic rings. The highest BCUT2D eigenvalue weighted by molar-refractivity contribution is 6.02. The van der Waals surface area contributed by atoms with E-state index in [1.165, 1.54) is 19.3 Å². The van der Waals surface area contributed by atoms with Crippen molar-refractivity contribution < 1.29 is 4.79 Å². The molecule has 0 spiro atoms. The Bertz CT molecular complexity index is 396. The highest BCUT2D eigenvalue weighted by Crippen LogP contribution is 2.15. The maximum Gasteiger partial charge on any atom is 0.196 e. The fourth-order valence-corrected chi connectivity index (χ4v) is 2.11. The summed E-state index contributed by atoms with van der Waals surface area (Å²) in [6.07, 6.45) is 6.16. The first kappa shape index (κ1) is 15.9. The quantitative estimate of drug-likeness (QED) is 0.429. The number of carbonyl (C=O) groups excluding carboxylic acids is 1. The van der Waals surface area contributed by atoms with E-state index < -0.39 is 5.66 Å². The molecular formula is C16H26N2O. The SMILES string of the molecule is CCCCCCCC(N)(N)C(=O)c1ccc(C)cc1. The van der Waals surface area contributed by atoms with E-state index in [-0.39, 0.29) is 5.78 Å². The first-order valence-electron chi connectivity index (χ1n) is 7.16. The molecule has 0 amide bonds. The lowest BCUT2D eigenvalue weighted by Crippen LogP contribution is -2.56. The number of rotatable bonds is 8. The lowest BCUT2D eigenvalue weighted by molar-refractivity contribution is 0.0881. The normalized spacial score (nSPS) is 11.6. The number of benzene rings is 1. The standard InChI is InChI=1S/C16H26N2O/c1-3-4-5-6-7-12-16(17,18)15(19)14-10-8-13(2)9-11-14/h8-11H,3-7,12,17-18H2,1-2H3. The van der Waals surface area contributed by atoms with E-state index in [0.29, 0.717) is 12.0 Å². The molecule has 0 unspecified atom stereocenters. The van der Waals surface area contributed by atoms with Gasteiger partial charge in [-0.1, -0.05) is 62.4 Å². The van der Waals surface area contributed by atoms with Gasteiger partial charge in [-0.25, -0.2) is 0 Å². The van der Waals surface area contributed by atoms with Gasteiger partial charge in [0.15, 0.2) is 5.78 Å². The van der Waals surface area contributed by atoms with E-state index in [0.717, 1.165) is 18.4 Å². The minimum atomic E-state index is -1.23. The minimum absolute atomic E-state index is 0.164. The maximum absolute atomic E-state index is 12.2. The molecule has 0 fully saturated rings. The number of unbranched alkanes of at least 4 members (excludes halogenated alkanes) is 4. The van der Waals surface area contributed by atoms with Crippen LogP contribution in [0.4, 0.5) is 0 Å². The number of hydrogen-bond donors (Lipinski definition) is 2. The molecule has 4 N–H and O–H groups in total. The summed E-state index contributed by atoms with van der Waals surface area (Å²) in [6.45, 7) is 4.16. The van der Waals surface area contributed by atoms with Gasteiger partial charge in [0.05, 0.1) is 0 Å². The van der Waals surface area contributed by atoms with E-state index >= 15 is 0 Å². The van der Waals surface area contributed by atoms with Gasteiger partial charge in [0.2, 0.25) is 0 Å². The van der Waals surface area contributed by atoms with Crippen molar-refractivity contribution in [1.82, 2.24) is 0 Å². The molecule has 0 aromatic heterocycles. The highest BCUT2D eigenvalue weighted by Gasteiger charge is 2.29. The summed E-state index contributed by atoms with van der Waals surface area (Å²) in [7, 11) is 0. The van der Waals surface area contributed by atoms with Crippen molar-refractivity contribution in [3.05, 3.63) is 35.4 Å². The second-order valence-electron chi connectivity index (χ2n) is 5.40. The van der Waals surface area contributed by atoms with Gasteiger partial charge in [0.1, 0.15) is 5.66 Å². The maximum atomic E-state index is 12.2. The van der Waals surface area contributed by atoms with Crippen molar-refractivity contribution in [3.63, 3.8) is 0 Å². The second-order valence-corrected chi connectivity index (χ2v) is 5.40. The molecule has 0 aliphatic carbocycles. The molecule has 1 aromatic carbocycles. The molecule has 19 heavy (non-hydrogen) atoms. The van der Waals surface area contributed by atoms with Crippen LogP contribution in [0, 0.1) is 6.92 Å². The first-order valence-corrected chi connectivity index (χ1v) is 7.16. The van der Waals surface area contributed by atoms with Crippen LogP contribution >= 0.6 is 0 Å². The van der Waals surface area contributed by atoms with Crippen molar-refractivity contribution in [3.8, 4) is 0 Å².